The molecule has 2 nitrogen and oxygen atoms in total. The molecule has 16 heavy (non-hydrogen) atoms. The van der Waals surface area contributed by atoms with Gasteiger partial charge in [-0.15, -0.1) is 0 Å². The highest BCUT2D eigenvalue weighted by Crippen LogP contribution is 2.53. The third-order valence-corrected chi connectivity index (χ3v) is 4.75. The van der Waals surface area contributed by atoms with Crippen molar-refractivity contribution in [2.24, 2.45) is 11.8 Å². The van der Waals surface area contributed by atoms with Gasteiger partial charge in [-0.1, -0.05) is 13.3 Å². The molecule has 0 aromatic heterocycles. The highest BCUT2D eigenvalue weighted by atomic mass is 16.5. The maximum absolute atomic E-state index is 10.9. The van der Waals surface area contributed by atoms with Crippen LogP contribution in [0.1, 0.15) is 60.3 Å². The molecule has 0 bridgehead atoms. The Bertz CT molecular complexity index is 282. The first-order valence-electron chi connectivity index (χ1n) is 6.60. The van der Waals surface area contributed by atoms with Gasteiger partial charge >= 0.3 is 0 Å². The zero-order chi connectivity index (χ0) is 12.2. The van der Waals surface area contributed by atoms with Crippen molar-refractivity contribution in [3.63, 3.8) is 0 Å². The van der Waals surface area contributed by atoms with E-state index >= 15 is 0 Å². The van der Waals surface area contributed by atoms with Crippen molar-refractivity contribution in [2.75, 3.05) is 0 Å². The second kappa shape index (κ2) is 3.46. The zero-order valence-corrected chi connectivity index (χ0v) is 11.3. The summed E-state index contributed by atoms with van der Waals surface area (Å²) in [6.07, 6.45) is 4.23. The van der Waals surface area contributed by atoms with Crippen LogP contribution in [0.5, 0.6) is 0 Å². The van der Waals surface area contributed by atoms with Crippen molar-refractivity contribution in [3.05, 3.63) is 0 Å². The van der Waals surface area contributed by atoms with E-state index in [0.717, 1.165) is 25.7 Å². The Kier molecular flexibility index (Phi) is 2.67. The summed E-state index contributed by atoms with van der Waals surface area (Å²) in [7, 11) is 0. The first-order valence-corrected chi connectivity index (χ1v) is 6.60. The topological polar surface area (TPSA) is 29.5 Å². The molecule has 0 radical (unpaired) electrons. The summed E-state index contributed by atoms with van der Waals surface area (Å²) in [5.74, 6) is 0.682. The second-order valence-corrected chi connectivity index (χ2v) is 7.01. The molecule has 1 aliphatic heterocycles. The summed E-state index contributed by atoms with van der Waals surface area (Å²) >= 11 is 0. The van der Waals surface area contributed by atoms with E-state index in [9.17, 15) is 5.11 Å². The van der Waals surface area contributed by atoms with Crippen LogP contribution in [0.25, 0.3) is 0 Å². The fourth-order valence-electron chi connectivity index (χ4n) is 4.05. The minimum absolute atomic E-state index is 0.0911. The fraction of sp³-hybridized carbons (Fsp3) is 1.00. The lowest BCUT2D eigenvalue weighted by atomic mass is 9.70. The molecular formula is C14H26O2. The van der Waals surface area contributed by atoms with Gasteiger partial charge in [-0.3, -0.25) is 0 Å². The van der Waals surface area contributed by atoms with E-state index < -0.39 is 5.60 Å². The third-order valence-electron chi connectivity index (χ3n) is 4.75. The molecule has 1 saturated heterocycles. The molecule has 0 spiro atoms. The minimum atomic E-state index is -0.503. The first-order chi connectivity index (χ1) is 7.17. The van der Waals surface area contributed by atoms with E-state index in [4.69, 9.17) is 4.74 Å². The molecule has 2 aliphatic rings. The highest BCUT2D eigenvalue weighted by Gasteiger charge is 2.57. The summed E-state index contributed by atoms with van der Waals surface area (Å²) in [6, 6.07) is 0. The first kappa shape index (κ1) is 12.4. The molecule has 3 atom stereocenters. The van der Waals surface area contributed by atoms with Crippen LogP contribution >= 0.6 is 0 Å². The van der Waals surface area contributed by atoms with E-state index in [-0.39, 0.29) is 17.1 Å². The van der Waals surface area contributed by atoms with Crippen LogP contribution < -0.4 is 0 Å². The molecule has 94 valence electrons. The summed E-state index contributed by atoms with van der Waals surface area (Å²) < 4.78 is 6.11. The number of hydrogen-bond donors (Lipinski definition) is 1. The van der Waals surface area contributed by atoms with Gasteiger partial charge in [-0.25, -0.2) is 0 Å². The monoisotopic (exact) mass is 226 g/mol. The maximum Gasteiger partial charge on any atom is 0.0729 e. The molecule has 1 heterocycles. The van der Waals surface area contributed by atoms with Crippen LogP contribution in [0.4, 0.5) is 0 Å². The van der Waals surface area contributed by atoms with Crippen LogP contribution in [0.15, 0.2) is 0 Å². The average molecular weight is 226 g/mol. The summed E-state index contributed by atoms with van der Waals surface area (Å²) in [6.45, 7) is 10.7. The maximum atomic E-state index is 10.9. The van der Waals surface area contributed by atoms with Crippen LogP contribution in [-0.4, -0.2) is 21.9 Å². The molecular weight excluding hydrogens is 200 g/mol. The largest absolute Gasteiger partial charge is 0.389 e. The van der Waals surface area contributed by atoms with Gasteiger partial charge in [-0.05, 0) is 52.9 Å². The van der Waals surface area contributed by atoms with Crippen molar-refractivity contribution in [1.29, 1.82) is 0 Å². The fourth-order valence-corrected chi connectivity index (χ4v) is 4.05. The van der Waals surface area contributed by atoms with Gasteiger partial charge in [0.1, 0.15) is 0 Å². The Morgan fingerprint density at radius 3 is 2.19 bits per heavy atom. The Labute approximate surface area is 99.4 Å². The number of aliphatic hydroxyl groups is 1. The molecule has 0 amide bonds. The summed E-state index contributed by atoms with van der Waals surface area (Å²) in [5, 5.41) is 10.9. The highest BCUT2D eigenvalue weighted by molar-refractivity contribution is 5.07. The van der Waals surface area contributed by atoms with Gasteiger partial charge in [0.05, 0.1) is 16.8 Å². The zero-order valence-electron chi connectivity index (χ0n) is 11.3. The Balaban J connectivity index is 2.27. The smallest absolute Gasteiger partial charge is 0.0729 e. The number of rotatable bonds is 1. The predicted octanol–water partition coefficient (Wildman–Crippen LogP) is 3.13. The van der Waals surface area contributed by atoms with Crippen LogP contribution in [0.2, 0.25) is 0 Å². The van der Waals surface area contributed by atoms with E-state index in [0.29, 0.717) is 5.92 Å². The lowest BCUT2D eigenvalue weighted by Crippen LogP contribution is -2.48. The molecule has 2 rings (SSSR count). The van der Waals surface area contributed by atoms with Gasteiger partial charge in [0.2, 0.25) is 0 Å². The van der Waals surface area contributed by atoms with Crippen molar-refractivity contribution < 1.29 is 9.84 Å². The van der Waals surface area contributed by atoms with E-state index in [1.165, 1.54) is 0 Å². The van der Waals surface area contributed by atoms with Crippen molar-refractivity contribution in [3.8, 4) is 0 Å². The van der Waals surface area contributed by atoms with Gasteiger partial charge in [0.25, 0.3) is 0 Å². The van der Waals surface area contributed by atoms with Crippen LogP contribution in [-0.2, 0) is 4.74 Å². The molecule has 0 aromatic rings. The molecule has 1 aliphatic carbocycles. The van der Waals surface area contributed by atoms with Crippen LogP contribution in [0.3, 0.4) is 0 Å². The van der Waals surface area contributed by atoms with Gasteiger partial charge in [0.15, 0.2) is 0 Å². The quantitative estimate of drug-likeness (QED) is 0.744. The molecule has 3 unspecified atom stereocenters. The van der Waals surface area contributed by atoms with E-state index in [1.807, 2.05) is 0 Å². The van der Waals surface area contributed by atoms with Gasteiger partial charge in [0, 0.05) is 5.92 Å². The van der Waals surface area contributed by atoms with Crippen LogP contribution in [0, 0.1) is 11.8 Å². The van der Waals surface area contributed by atoms with Crippen molar-refractivity contribution >= 4 is 0 Å². The molecule has 1 saturated carbocycles. The molecule has 2 heteroatoms. The lowest BCUT2D eigenvalue weighted by molar-refractivity contribution is -0.123. The number of ether oxygens (including phenoxy) is 1. The van der Waals surface area contributed by atoms with Gasteiger partial charge < -0.3 is 9.84 Å². The van der Waals surface area contributed by atoms with Crippen molar-refractivity contribution in [2.45, 2.75) is 77.1 Å². The van der Waals surface area contributed by atoms with Crippen molar-refractivity contribution in [1.82, 2.24) is 0 Å². The van der Waals surface area contributed by atoms with Gasteiger partial charge in [-0.2, -0.15) is 0 Å². The molecule has 1 N–H and O–H groups in total. The normalized spacial score (nSPS) is 46.1. The summed E-state index contributed by atoms with van der Waals surface area (Å²) in [4.78, 5) is 0. The standard InChI is InChI=1S/C14H26O2/c1-10-7-6-8-14(10,15)11-9-12(2,3)16-13(11,4)5/h10-11,15H,6-9H2,1-5H3. The van der Waals surface area contributed by atoms with E-state index in [2.05, 4.69) is 34.6 Å². The Morgan fingerprint density at radius 1 is 1.19 bits per heavy atom. The van der Waals surface area contributed by atoms with E-state index in [1.54, 1.807) is 0 Å². The Hall–Kier alpha value is -0.0800. The Morgan fingerprint density at radius 2 is 1.81 bits per heavy atom. The lowest BCUT2D eigenvalue weighted by Gasteiger charge is -2.40. The minimum Gasteiger partial charge on any atom is -0.389 e. The number of hydrogen-bond acceptors (Lipinski definition) is 2. The average Bonchev–Trinajstić information content (AvgIpc) is 2.52. The summed E-state index contributed by atoms with van der Waals surface area (Å²) in [5.41, 5.74) is -0.791. The second-order valence-electron chi connectivity index (χ2n) is 7.01. The predicted molar refractivity (Wildman–Crippen MR) is 65.3 cm³/mol. The molecule has 0 aromatic carbocycles. The third kappa shape index (κ3) is 1.80. The SMILES string of the molecule is CC1CCCC1(O)C1CC(C)(C)OC1(C)C. The molecule has 2 fully saturated rings.